The Morgan fingerprint density at radius 2 is 1.83 bits per heavy atom. The van der Waals surface area contributed by atoms with Crippen LogP contribution < -0.4 is 0 Å². The summed E-state index contributed by atoms with van der Waals surface area (Å²) in [5.41, 5.74) is 3.59. The summed E-state index contributed by atoms with van der Waals surface area (Å²) < 4.78 is 17.9. The molecule has 0 amide bonds. The number of carbonyl (C=O) groups is 1. The van der Waals surface area contributed by atoms with E-state index in [1.54, 1.807) is 12.1 Å². The van der Waals surface area contributed by atoms with Crippen LogP contribution in [0.25, 0.3) is 5.57 Å². The predicted octanol–water partition coefficient (Wildman–Crippen LogP) is 4.49. The first kappa shape index (κ1) is 17.3. The fourth-order valence-corrected chi connectivity index (χ4v) is 2.84. The molecule has 0 heterocycles. The second-order valence-electron chi connectivity index (χ2n) is 5.04. The van der Waals surface area contributed by atoms with Gasteiger partial charge in [-0.05, 0) is 53.3 Å². The molecule has 0 fully saturated rings. The molecule has 0 bridgehead atoms. The van der Waals surface area contributed by atoms with Gasteiger partial charge < -0.3 is 4.74 Å². The highest BCUT2D eigenvalue weighted by molar-refractivity contribution is 8.01. The van der Waals surface area contributed by atoms with Crippen molar-refractivity contribution >= 4 is 23.3 Å². The summed E-state index contributed by atoms with van der Waals surface area (Å²) in [6.07, 6.45) is 3.46. The maximum Gasteiger partial charge on any atom is 0.338 e. The molecule has 0 N–H and O–H groups in total. The van der Waals surface area contributed by atoms with E-state index < -0.39 is 0 Å². The number of aryl methyl sites for hydroxylation is 2. The van der Waals surface area contributed by atoms with Crippen LogP contribution in [0, 0.1) is 5.82 Å². The van der Waals surface area contributed by atoms with Gasteiger partial charge in [-0.15, -0.1) is 11.8 Å². The molecule has 0 spiro atoms. The molecule has 2 rings (SSSR count). The number of thioether (sulfide) groups is 1. The average molecular weight is 330 g/mol. The average Bonchev–Trinajstić information content (AvgIpc) is 2.59. The molecule has 120 valence electrons. The van der Waals surface area contributed by atoms with Crippen molar-refractivity contribution in [2.75, 3.05) is 13.4 Å². The van der Waals surface area contributed by atoms with E-state index in [0.29, 0.717) is 5.57 Å². The van der Waals surface area contributed by atoms with Gasteiger partial charge in [0.1, 0.15) is 5.82 Å². The number of carbonyl (C=O) groups excluding carboxylic acids is 1. The summed E-state index contributed by atoms with van der Waals surface area (Å²) in [4.78, 5) is 12.0. The number of hydrogen-bond acceptors (Lipinski definition) is 3. The van der Waals surface area contributed by atoms with Crippen molar-refractivity contribution in [3.8, 4) is 0 Å². The number of esters is 1. The lowest BCUT2D eigenvalue weighted by Crippen LogP contribution is -2.06. The Kier molecular flexibility index (Phi) is 6.41. The highest BCUT2D eigenvalue weighted by Gasteiger charge is 2.15. The number of ether oxygens (including phenoxy) is 1. The topological polar surface area (TPSA) is 26.3 Å². The van der Waals surface area contributed by atoms with Crippen LogP contribution in [0.5, 0.6) is 0 Å². The Hall–Kier alpha value is -2.07. The zero-order chi connectivity index (χ0) is 16.7. The maximum atomic E-state index is 13.0. The molecule has 0 aliphatic carbocycles. The van der Waals surface area contributed by atoms with E-state index in [-0.39, 0.29) is 11.8 Å². The summed E-state index contributed by atoms with van der Waals surface area (Å²) in [5.74, 6) is -0.571. The Morgan fingerprint density at radius 3 is 2.48 bits per heavy atom. The third-order valence-electron chi connectivity index (χ3n) is 3.54. The van der Waals surface area contributed by atoms with Crippen LogP contribution in [-0.4, -0.2) is 19.3 Å². The molecule has 0 saturated heterocycles. The number of benzene rings is 2. The van der Waals surface area contributed by atoms with Crippen molar-refractivity contribution in [1.29, 1.82) is 0 Å². The van der Waals surface area contributed by atoms with Gasteiger partial charge in [0.25, 0.3) is 0 Å². The number of methoxy groups -OCH3 is 1. The SMILES string of the molecule is COC(=O)C(=CSC)c1ccccc1CCc1ccc(F)cc1. The fraction of sp³-hybridized carbons (Fsp3) is 0.211. The zero-order valence-corrected chi connectivity index (χ0v) is 14.0. The van der Waals surface area contributed by atoms with Crippen LogP contribution >= 0.6 is 11.8 Å². The normalized spacial score (nSPS) is 11.3. The quantitative estimate of drug-likeness (QED) is 0.577. The van der Waals surface area contributed by atoms with Gasteiger partial charge in [-0.3, -0.25) is 0 Å². The van der Waals surface area contributed by atoms with E-state index in [1.807, 2.05) is 35.9 Å². The van der Waals surface area contributed by atoms with Gasteiger partial charge in [0.15, 0.2) is 0 Å². The summed E-state index contributed by atoms with van der Waals surface area (Å²) in [7, 11) is 1.39. The summed E-state index contributed by atoms with van der Waals surface area (Å²) in [5, 5.41) is 1.81. The molecule has 2 nitrogen and oxygen atoms in total. The van der Waals surface area contributed by atoms with E-state index in [4.69, 9.17) is 4.74 Å². The fourth-order valence-electron chi connectivity index (χ4n) is 2.38. The van der Waals surface area contributed by atoms with Gasteiger partial charge in [-0.2, -0.15) is 0 Å². The number of hydrogen-bond donors (Lipinski definition) is 0. The lowest BCUT2D eigenvalue weighted by atomic mass is 9.96. The highest BCUT2D eigenvalue weighted by Crippen LogP contribution is 2.24. The van der Waals surface area contributed by atoms with Crippen molar-refractivity contribution < 1.29 is 13.9 Å². The third kappa shape index (κ3) is 4.70. The Labute approximate surface area is 140 Å². The predicted molar refractivity (Wildman–Crippen MR) is 93.8 cm³/mol. The molecule has 0 radical (unpaired) electrons. The summed E-state index contributed by atoms with van der Waals surface area (Å²) in [6, 6.07) is 14.3. The zero-order valence-electron chi connectivity index (χ0n) is 13.2. The van der Waals surface area contributed by atoms with Gasteiger partial charge in [-0.1, -0.05) is 36.4 Å². The van der Waals surface area contributed by atoms with Crippen LogP contribution in [0.3, 0.4) is 0 Å². The van der Waals surface area contributed by atoms with E-state index in [1.165, 1.54) is 31.0 Å². The third-order valence-corrected chi connectivity index (χ3v) is 4.02. The van der Waals surface area contributed by atoms with Crippen LogP contribution in [0.2, 0.25) is 0 Å². The van der Waals surface area contributed by atoms with Crippen LogP contribution in [0.1, 0.15) is 16.7 Å². The van der Waals surface area contributed by atoms with Crippen molar-refractivity contribution in [2.45, 2.75) is 12.8 Å². The monoisotopic (exact) mass is 330 g/mol. The van der Waals surface area contributed by atoms with Crippen LogP contribution in [0.4, 0.5) is 4.39 Å². The first-order valence-corrected chi connectivity index (χ1v) is 8.58. The Bertz CT molecular complexity index is 693. The number of rotatable bonds is 6. The molecule has 0 saturated carbocycles. The van der Waals surface area contributed by atoms with Gasteiger partial charge in [0.05, 0.1) is 12.7 Å². The molecule has 4 heteroatoms. The van der Waals surface area contributed by atoms with Crippen LogP contribution in [0.15, 0.2) is 53.9 Å². The minimum absolute atomic E-state index is 0.231. The van der Waals surface area contributed by atoms with Crippen molar-refractivity contribution in [2.24, 2.45) is 0 Å². The smallest absolute Gasteiger partial charge is 0.338 e. The minimum Gasteiger partial charge on any atom is -0.465 e. The van der Waals surface area contributed by atoms with Gasteiger partial charge in [0, 0.05) is 0 Å². The van der Waals surface area contributed by atoms with Gasteiger partial charge in [-0.25, -0.2) is 9.18 Å². The molecule has 23 heavy (non-hydrogen) atoms. The highest BCUT2D eigenvalue weighted by atomic mass is 32.2. The molecule has 0 aliphatic heterocycles. The molecule has 2 aromatic carbocycles. The maximum absolute atomic E-state index is 13.0. The summed E-state index contributed by atoms with van der Waals surface area (Å²) >= 11 is 1.47. The second-order valence-corrected chi connectivity index (χ2v) is 5.75. The molecule has 0 atom stereocenters. The standard InChI is InChI=1S/C19H19FO2S/c1-22-19(21)18(13-23-2)17-6-4-3-5-15(17)10-7-14-8-11-16(20)12-9-14/h3-6,8-9,11-13H,7,10H2,1-2H3. The Morgan fingerprint density at radius 1 is 1.13 bits per heavy atom. The lowest BCUT2D eigenvalue weighted by molar-refractivity contribution is -0.133. The lowest BCUT2D eigenvalue weighted by Gasteiger charge is -2.12. The van der Waals surface area contributed by atoms with E-state index >= 15 is 0 Å². The van der Waals surface area contributed by atoms with Crippen molar-refractivity contribution in [3.05, 3.63) is 76.4 Å². The van der Waals surface area contributed by atoms with Crippen LogP contribution in [-0.2, 0) is 22.4 Å². The largest absolute Gasteiger partial charge is 0.465 e. The molecule has 2 aromatic rings. The van der Waals surface area contributed by atoms with E-state index in [9.17, 15) is 9.18 Å². The van der Waals surface area contributed by atoms with E-state index in [0.717, 1.165) is 29.5 Å². The van der Waals surface area contributed by atoms with E-state index in [2.05, 4.69) is 0 Å². The van der Waals surface area contributed by atoms with Gasteiger partial charge >= 0.3 is 5.97 Å². The molecule has 0 aromatic heterocycles. The molecular weight excluding hydrogens is 311 g/mol. The van der Waals surface area contributed by atoms with Crippen molar-refractivity contribution in [3.63, 3.8) is 0 Å². The summed E-state index contributed by atoms with van der Waals surface area (Å²) in [6.45, 7) is 0. The minimum atomic E-state index is -0.339. The number of halogens is 1. The molecule has 0 aliphatic rings. The Balaban J connectivity index is 2.24. The first-order valence-electron chi connectivity index (χ1n) is 7.29. The first-order chi connectivity index (χ1) is 11.2. The molecule has 0 unspecified atom stereocenters. The van der Waals surface area contributed by atoms with Gasteiger partial charge in [0.2, 0.25) is 0 Å². The molecular formula is C19H19FO2S. The van der Waals surface area contributed by atoms with Crippen molar-refractivity contribution in [1.82, 2.24) is 0 Å². The second kappa shape index (κ2) is 8.53.